The second kappa shape index (κ2) is 11.7. The zero-order valence-corrected chi connectivity index (χ0v) is 20.7. The number of hydrogen-bond acceptors (Lipinski definition) is 3. The van der Waals surface area contributed by atoms with Crippen molar-refractivity contribution in [1.82, 2.24) is 15.1 Å². The van der Waals surface area contributed by atoms with Gasteiger partial charge in [-0.15, -0.1) is 0 Å². The molecule has 1 amide bonds. The quantitative estimate of drug-likeness (QED) is 0.495. The smallest absolute Gasteiger partial charge is 0.251 e. The Morgan fingerprint density at radius 3 is 1.97 bits per heavy atom. The van der Waals surface area contributed by atoms with Gasteiger partial charge < -0.3 is 5.32 Å². The van der Waals surface area contributed by atoms with Gasteiger partial charge in [0.05, 0.1) is 0 Å². The first kappa shape index (κ1) is 23.8. The standard InChI is InChI=1S/C31H37N3O/c35-31(29-15-13-27(14-16-29)22-33-18-5-1-2-6-19-33)32-21-25-9-11-26(12-10-25)23-34-20-17-28-7-3-4-8-30(28)24-34/h3-4,7-16H,1-2,5-6,17-24H2,(H,32,35). The molecule has 0 aliphatic carbocycles. The number of carbonyl (C=O) groups excluding carboxylic acids is 1. The summed E-state index contributed by atoms with van der Waals surface area (Å²) in [5.74, 6) is -0.0117. The van der Waals surface area contributed by atoms with Crippen molar-refractivity contribution in [3.63, 3.8) is 0 Å². The average Bonchev–Trinajstić information content (AvgIpc) is 3.17. The van der Waals surface area contributed by atoms with Gasteiger partial charge in [-0.3, -0.25) is 14.6 Å². The highest BCUT2D eigenvalue weighted by atomic mass is 16.1. The Morgan fingerprint density at radius 2 is 1.26 bits per heavy atom. The van der Waals surface area contributed by atoms with Crippen LogP contribution in [-0.2, 0) is 32.6 Å². The molecule has 2 heterocycles. The van der Waals surface area contributed by atoms with Crippen molar-refractivity contribution < 1.29 is 4.79 Å². The van der Waals surface area contributed by atoms with E-state index < -0.39 is 0 Å². The third-order valence-electron chi connectivity index (χ3n) is 7.41. The summed E-state index contributed by atoms with van der Waals surface area (Å²) in [6.45, 7) is 6.99. The molecule has 4 nitrogen and oxygen atoms in total. The lowest BCUT2D eigenvalue weighted by Crippen LogP contribution is -2.30. The molecule has 0 unspecified atom stereocenters. The fraction of sp³-hybridized carbons (Fsp3) is 0.387. The molecule has 4 heteroatoms. The van der Waals surface area contributed by atoms with Gasteiger partial charge >= 0.3 is 0 Å². The van der Waals surface area contributed by atoms with Gasteiger partial charge in [0, 0.05) is 38.3 Å². The first-order chi connectivity index (χ1) is 17.2. The summed E-state index contributed by atoms with van der Waals surface area (Å²) in [6, 6.07) is 25.6. The van der Waals surface area contributed by atoms with Crippen LogP contribution in [0, 0.1) is 0 Å². The second-order valence-corrected chi connectivity index (χ2v) is 10.1. The zero-order valence-electron chi connectivity index (χ0n) is 20.7. The highest BCUT2D eigenvalue weighted by molar-refractivity contribution is 5.94. The number of nitrogens with one attached hydrogen (secondary N) is 1. The van der Waals surface area contributed by atoms with Crippen molar-refractivity contribution in [3.8, 4) is 0 Å². The van der Waals surface area contributed by atoms with Crippen LogP contribution in [0.25, 0.3) is 0 Å². The van der Waals surface area contributed by atoms with E-state index in [0.717, 1.165) is 43.7 Å². The van der Waals surface area contributed by atoms with E-state index in [2.05, 4.69) is 75.8 Å². The number of amides is 1. The molecule has 0 radical (unpaired) electrons. The Labute approximate surface area is 210 Å². The highest BCUT2D eigenvalue weighted by Gasteiger charge is 2.16. The molecular formula is C31H37N3O. The van der Waals surface area contributed by atoms with Gasteiger partial charge in [0.15, 0.2) is 0 Å². The van der Waals surface area contributed by atoms with Crippen LogP contribution in [0.1, 0.15) is 63.9 Å². The minimum Gasteiger partial charge on any atom is -0.348 e. The summed E-state index contributed by atoms with van der Waals surface area (Å²) in [7, 11) is 0. The number of hydrogen-bond donors (Lipinski definition) is 1. The van der Waals surface area contributed by atoms with E-state index in [1.54, 1.807) is 0 Å². The molecule has 2 aliphatic rings. The van der Waals surface area contributed by atoms with Crippen LogP contribution in [0.15, 0.2) is 72.8 Å². The van der Waals surface area contributed by atoms with E-state index in [-0.39, 0.29) is 5.91 Å². The average molecular weight is 468 g/mol. The first-order valence-electron chi connectivity index (χ1n) is 13.2. The molecule has 1 fully saturated rings. The molecule has 0 bridgehead atoms. The van der Waals surface area contributed by atoms with Gasteiger partial charge in [0.1, 0.15) is 0 Å². The number of nitrogens with zero attached hydrogens (tertiary/aromatic N) is 2. The molecule has 1 saturated heterocycles. The lowest BCUT2D eigenvalue weighted by Gasteiger charge is -2.28. The van der Waals surface area contributed by atoms with Gasteiger partial charge in [-0.2, -0.15) is 0 Å². The molecule has 5 rings (SSSR count). The Bertz CT molecular complexity index is 1100. The van der Waals surface area contributed by atoms with Crippen molar-refractivity contribution in [2.75, 3.05) is 19.6 Å². The fourth-order valence-corrected chi connectivity index (χ4v) is 5.31. The molecule has 0 aromatic heterocycles. The molecular weight excluding hydrogens is 430 g/mol. The van der Waals surface area contributed by atoms with Gasteiger partial charge in [0.2, 0.25) is 0 Å². The number of carbonyl (C=O) groups is 1. The Balaban J connectivity index is 1.08. The summed E-state index contributed by atoms with van der Waals surface area (Å²) < 4.78 is 0. The molecule has 0 saturated carbocycles. The van der Waals surface area contributed by atoms with Crippen LogP contribution in [0.3, 0.4) is 0 Å². The van der Waals surface area contributed by atoms with Crippen molar-refractivity contribution in [2.24, 2.45) is 0 Å². The molecule has 0 atom stereocenters. The molecule has 1 N–H and O–H groups in total. The Kier molecular flexibility index (Phi) is 7.92. The van der Waals surface area contributed by atoms with E-state index in [1.807, 2.05) is 12.1 Å². The minimum absolute atomic E-state index is 0.0117. The summed E-state index contributed by atoms with van der Waals surface area (Å²) in [6.07, 6.45) is 6.43. The lowest BCUT2D eigenvalue weighted by atomic mass is 9.99. The Morgan fingerprint density at radius 1 is 0.657 bits per heavy atom. The van der Waals surface area contributed by atoms with E-state index in [0.29, 0.717) is 6.54 Å². The number of fused-ring (bicyclic) bond motifs is 1. The van der Waals surface area contributed by atoms with Crippen LogP contribution < -0.4 is 5.32 Å². The maximum atomic E-state index is 12.7. The van der Waals surface area contributed by atoms with Crippen LogP contribution >= 0.6 is 0 Å². The molecule has 2 aliphatic heterocycles. The van der Waals surface area contributed by atoms with Crippen LogP contribution in [-0.4, -0.2) is 35.3 Å². The Hall–Kier alpha value is -2.95. The second-order valence-electron chi connectivity index (χ2n) is 10.1. The number of benzene rings is 3. The highest BCUT2D eigenvalue weighted by Crippen LogP contribution is 2.20. The van der Waals surface area contributed by atoms with E-state index in [9.17, 15) is 4.79 Å². The van der Waals surface area contributed by atoms with Crippen molar-refractivity contribution in [1.29, 1.82) is 0 Å². The third-order valence-corrected chi connectivity index (χ3v) is 7.41. The fourth-order valence-electron chi connectivity index (χ4n) is 5.31. The van der Waals surface area contributed by atoms with E-state index in [1.165, 1.54) is 61.0 Å². The number of likely N-dealkylation sites (tertiary alicyclic amines) is 1. The van der Waals surface area contributed by atoms with Gasteiger partial charge in [-0.05, 0) is 72.3 Å². The normalized spacial score (nSPS) is 16.9. The zero-order chi connectivity index (χ0) is 23.9. The number of rotatable bonds is 7. The first-order valence-corrected chi connectivity index (χ1v) is 13.2. The van der Waals surface area contributed by atoms with Crippen LogP contribution in [0.2, 0.25) is 0 Å². The topological polar surface area (TPSA) is 35.6 Å². The van der Waals surface area contributed by atoms with Crippen molar-refractivity contribution >= 4 is 5.91 Å². The van der Waals surface area contributed by atoms with Gasteiger partial charge in [-0.1, -0.05) is 73.5 Å². The predicted octanol–water partition coefficient (Wildman–Crippen LogP) is 5.55. The SMILES string of the molecule is O=C(NCc1ccc(CN2CCc3ccccc3C2)cc1)c1ccc(CN2CCCCCC2)cc1. The lowest BCUT2D eigenvalue weighted by molar-refractivity contribution is 0.0951. The molecule has 182 valence electrons. The van der Waals surface area contributed by atoms with Gasteiger partial charge in [0.25, 0.3) is 5.91 Å². The summed E-state index contributed by atoms with van der Waals surface area (Å²) in [4.78, 5) is 17.7. The minimum atomic E-state index is -0.0117. The van der Waals surface area contributed by atoms with Crippen LogP contribution in [0.5, 0.6) is 0 Å². The third kappa shape index (κ3) is 6.59. The van der Waals surface area contributed by atoms with Gasteiger partial charge in [-0.25, -0.2) is 0 Å². The summed E-state index contributed by atoms with van der Waals surface area (Å²) in [5, 5.41) is 3.08. The summed E-state index contributed by atoms with van der Waals surface area (Å²) >= 11 is 0. The summed E-state index contributed by atoms with van der Waals surface area (Å²) in [5.41, 5.74) is 7.40. The molecule has 3 aromatic rings. The monoisotopic (exact) mass is 467 g/mol. The van der Waals surface area contributed by atoms with Crippen LogP contribution in [0.4, 0.5) is 0 Å². The largest absolute Gasteiger partial charge is 0.348 e. The molecule has 0 spiro atoms. The molecule has 35 heavy (non-hydrogen) atoms. The molecule has 3 aromatic carbocycles. The van der Waals surface area contributed by atoms with E-state index in [4.69, 9.17) is 0 Å². The maximum Gasteiger partial charge on any atom is 0.251 e. The van der Waals surface area contributed by atoms with Crippen molar-refractivity contribution in [2.45, 2.75) is 58.3 Å². The maximum absolute atomic E-state index is 12.7. The van der Waals surface area contributed by atoms with E-state index >= 15 is 0 Å². The van der Waals surface area contributed by atoms with Crippen molar-refractivity contribution in [3.05, 3.63) is 106 Å². The predicted molar refractivity (Wildman–Crippen MR) is 142 cm³/mol.